The fourth-order valence-corrected chi connectivity index (χ4v) is 5.02. The van der Waals surface area contributed by atoms with E-state index in [0.29, 0.717) is 26.7 Å². The molecule has 0 aromatic carbocycles. The van der Waals surface area contributed by atoms with E-state index in [0.717, 1.165) is 0 Å². The van der Waals surface area contributed by atoms with Crippen molar-refractivity contribution in [1.29, 1.82) is 0 Å². The van der Waals surface area contributed by atoms with Crippen LogP contribution in [0.3, 0.4) is 0 Å². The van der Waals surface area contributed by atoms with E-state index < -0.39 is 34.9 Å². The smallest absolute Gasteiger partial charge is 0.233 e. The predicted molar refractivity (Wildman–Crippen MR) is 115 cm³/mol. The minimum Gasteiger partial charge on any atom is -0.396 e. The highest BCUT2D eigenvalue weighted by atomic mass is 35.5. The fraction of sp³-hybridized carbons (Fsp3) is 0.294. The number of carbonyl (C=O) groups is 1. The van der Waals surface area contributed by atoms with Gasteiger partial charge in [0.1, 0.15) is 10.3 Å². The van der Waals surface area contributed by atoms with Gasteiger partial charge < -0.3 is 15.5 Å². The second-order valence-corrected chi connectivity index (χ2v) is 9.50. The molecule has 0 bridgehead atoms. The predicted octanol–water partition coefficient (Wildman–Crippen LogP) is 1.71. The van der Waals surface area contributed by atoms with Crippen molar-refractivity contribution in [1.82, 2.24) is 15.0 Å². The second kappa shape index (κ2) is 9.18. The van der Waals surface area contributed by atoms with Crippen LogP contribution in [0.1, 0.15) is 6.92 Å². The zero-order valence-electron chi connectivity index (χ0n) is 15.7. The number of hydrogen-bond donors (Lipinski definition) is 4. The first kappa shape index (κ1) is 22.3. The van der Waals surface area contributed by atoms with E-state index in [1.165, 1.54) is 30.5 Å². The first-order valence-electron chi connectivity index (χ1n) is 8.64. The van der Waals surface area contributed by atoms with Gasteiger partial charge in [0, 0.05) is 37.8 Å². The largest absolute Gasteiger partial charge is 0.396 e. The maximum atomic E-state index is 12.3. The van der Waals surface area contributed by atoms with Crippen LogP contribution in [-0.2, 0) is 14.8 Å². The van der Waals surface area contributed by atoms with Crippen LogP contribution < -0.4 is 10.0 Å². The molecule has 0 aliphatic carbocycles. The van der Waals surface area contributed by atoms with Gasteiger partial charge in [0.05, 0.1) is 17.1 Å². The number of fused-ring (bicyclic) bond motifs is 1. The summed E-state index contributed by atoms with van der Waals surface area (Å²) in [6.45, 7) is 0.446. The first-order chi connectivity index (χ1) is 14.2. The van der Waals surface area contributed by atoms with E-state index in [4.69, 9.17) is 21.8 Å². The topological polar surface area (TPSA) is 154 Å². The number of thiazole rings is 1. The van der Waals surface area contributed by atoms with Crippen LogP contribution in [0.5, 0.6) is 0 Å². The molecule has 0 atom stereocenters. The lowest BCUT2D eigenvalue weighted by molar-refractivity contribution is -0.114. The van der Waals surface area contributed by atoms with Gasteiger partial charge >= 0.3 is 0 Å². The highest BCUT2D eigenvalue weighted by molar-refractivity contribution is 7.92. The maximum Gasteiger partial charge on any atom is 0.233 e. The summed E-state index contributed by atoms with van der Waals surface area (Å²) in [4.78, 5) is 24.6. The molecule has 3 rings (SSSR count). The molecular formula is C17H18ClN5O5S2. The normalized spacial score (nSPS) is 11.8. The molecule has 3 heterocycles. The summed E-state index contributed by atoms with van der Waals surface area (Å²) in [5, 5.41) is 21.2. The van der Waals surface area contributed by atoms with E-state index in [-0.39, 0.29) is 16.7 Å². The Labute approximate surface area is 181 Å². The number of aliphatic hydroxyl groups is 2. The molecule has 10 nitrogen and oxygen atoms in total. The molecule has 160 valence electrons. The Balaban J connectivity index is 1.90. The van der Waals surface area contributed by atoms with Crippen molar-refractivity contribution in [3.8, 4) is 11.3 Å². The quantitative estimate of drug-likeness (QED) is 0.362. The Bertz CT molecular complexity index is 1180. The molecule has 13 heteroatoms. The number of pyridine rings is 2. The molecule has 0 saturated heterocycles. The molecule has 0 saturated carbocycles. The molecule has 0 radical (unpaired) electrons. The number of nitrogens with one attached hydrogen (secondary N) is 2. The lowest BCUT2D eigenvalue weighted by Crippen LogP contribution is -2.27. The van der Waals surface area contributed by atoms with Crippen molar-refractivity contribution in [2.45, 2.75) is 6.92 Å². The molecule has 0 aliphatic heterocycles. The van der Waals surface area contributed by atoms with Crippen LogP contribution in [0.25, 0.3) is 21.6 Å². The number of aromatic nitrogens is 3. The monoisotopic (exact) mass is 471 g/mol. The number of sulfonamides is 1. The standard InChI is InChI=1S/C17H18ClN5O5S2/c1-9(26)20-17-22-13-3-2-12(21-16(13)29-17)11-4-14(15(18)19-5-11)23-30(27,28)8-10(6-24)7-25/h2-5,10,23-25H,6-8H2,1H3,(H,20,22,26). The Morgan fingerprint density at radius 2 is 2.00 bits per heavy atom. The Morgan fingerprint density at radius 1 is 1.27 bits per heavy atom. The lowest BCUT2D eigenvalue weighted by Gasteiger charge is -2.14. The van der Waals surface area contributed by atoms with Gasteiger partial charge in [0.25, 0.3) is 0 Å². The number of nitrogens with zero attached hydrogens (tertiary/aromatic N) is 3. The summed E-state index contributed by atoms with van der Waals surface area (Å²) in [5.41, 5.74) is 1.67. The van der Waals surface area contributed by atoms with Gasteiger partial charge in [-0.05, 0) is 18.2 Å². The van der Waals surface area contributed by atoms with Gasteiger partial charge in [-0.1, -0.05) is 22.9 Å². The van der Waals surface area contributed by atoms with Gasteiger partial charge in [0.2, 0.25) is 15.9 Å². The zero-order valence-corrected chi connectivity index (χ0v) is 18.1. The van der Waals surface area contributed by atoms with Crippen LogP contribution in [0.15, 0.2) is 24.4 Å². The van der Waals surface area contributed by atoms with E-state index in [9.17, 15) is 13.2 Å². The number of carbonyl (C=O) groups excluding carboxylic acids is 1. The molecular weight excluding hydrogens is 454 g/mol. The highest BCUT2D eigenvalue weighted by Crippen LogP contribution is 2.30. The summed E-state index contributed by atoms with van der Waals surface area (Å²) in [7, 11) is -3.89. The number of anilines is 2. The van der Waals surface area contributed by atoms with Crippen molar-refractivity contribution < 1.29 is 23.4 Å². The number of hydrogen-bond acceptors (Lipinski definition) is 9. The molecule has 4 N–H and O–H groups in total. The number of halogens is 1. The first-order valence-corrected chi connectivity index (χ1v) is 11.5. The highest BCUT2D eigenvalue weighted by Gasteiger charge is 2.20. The summed E-state index contributed by atoms with van der Waals surface area (Å²) in [5.74, 6) is -1.53. The van der Waals surface area contributed by atoms with Crippen molar-refractivity contribution in [2.24, 2.45) is 5.92 Å². The Hall–Kier alpha value is -2.38. The SMILES string of the molecule is CC(=O)Nc1nc2ccc(-c3cnc(Cl)c(NS(=O)(=O)CC(CO)CO)c3)nc2s1. The Kier molecular flexibility index (Phi) is 6.83. The molecule has 0 unspecified atom stereocenters. The second-order valence-electron chi connectivity index (χ2n) is 6.40. The van der Waals surface area contributed by atoms with Crippen LogP contribution in [0.4, 0.5) is 10.8 Å². The van der Waals surface area contributed by atoms with Crippen molar-refractivity contribution in [2.75, 3.05) is 29.0 Å². The van der Waals surface area contributed by atoms with Gasteiger partial charge in [-0.3, -0.25) is 9.52 Å². The minimum atomic E-state index is -3.89. The third kappa shape index (κ3) is 5.40. The maximum absolute atomic E-state index is 12.3. The molecule has 0 aliphatic rings. The van der Waals surface area contributed by atoms with Gasteiger partial charge in [-0.25, -0.2) is 23.4 Å². The summed E-state index contributed by atoms with van der Waals surface area (Å²) in [6, 6.07) is 4.91. The minimum absolute atomic E-state index is 0.0499. The molecule has 3 aromatic heterocycles. The molecule has 1 amide bonds. The van der Waals surface area contributed by atoms with Gasteiger partial charge in [0.15, 0.2) is 10.3 Å². The number of aliphatic hydroxyl groups excluding tert-OH is 2. The van der Waals surface area contributed by atoms with Gasteiger partial charge in [-0.2, -0.15) is 0 Å². The van der Waals surface area contributed by atoms with Crippen LogP contribution >= 0.6 is 22.9 Å². The van der Waals surface area contributed by atoms with E-state index in [1.54, 1.807) is 12.1 Å². The third-order valence-electron chi connectivity index (χ3n) is 3.91. The molecule has 30 heavy (non-hydrogen) atoms. The summed E-state index contributed by atoms with van der Waals surface area (Å²) >= 11 is 7.24. The van der Waals surface area contributed by atoms with Crippen molar-refractivity contribution in [3.05, 3.63) is 29.5 Å². The van der Waals surface area contributed by atoms with Crippen molar-refractivity contribution in [3.63, 3.8) is 0 Å². The fourth-order valence-electron chi connectivity index (χ4n) is 2.52. The lowest BCUT2D eigenvalue weighted by atomic mass is 10.2. The van der Waals surface area contributed by atoms with Crippen LogP contribution in [0.2, 0.25) is 5.15 Å². The van der Waals surface area contributed by atoms with Crippen LogP contribution in [0, 0.1) is 5.92 Å². The van der Waals surface area contributed by atoms with Crippen LogP contribution in [-0.4, -0.2) is 58.5 Å². The molecule has 3 aromatic rings. The summed E-state index contributed by atoms with van der Waals surface area (Å²) in [6.07, 6.45) is 1.45. The molecule has 0 fully saturated rings. The zero-order chi connectivity index (χ0) is 21.9. The van der Waals surface area contributed by atoms with E-state index in [1.807, 2.05) is 0 Å². The number of amides is 1. The summed E-state index contributed by atoms with van der Waals surface area (Å²) < 4.78 is 27.0. The molecule has 0 spiro atoms. The Morgan fingerprint density at radius 3 is 2.67 bits per heavy atom. The number of rotatable bonds is 8. The van der Waals surface area contributed by atoms with E-state index in [2.05, 4.69) is 25.0 Å². The third-order valence-corrected chi connectivity index (χ3v) is 6.53. The average Bonchev–Trinajstić information content (AvgIpc) is 3.08. The van der Waals surface area contributed by atoms with E-state index >= 15 is 0 Å². The van der Waals surface area contributed by atoms with Gasteiger partial charge in [-0.15, -0.1) is 0 Å². The average molecular weight is 472 g/mol. The van der Waals surface area contributed by atoms with Crippen molar-refractivity contribution >= 4 is 60.0 Å².